The highest BCUT2D eigenvalue weighted by Gasteiger charge is 2.23. The summed E-state index contributed by atoms with van der Waals surface area (Å²) >= 11 is 0. The van der Waals surface area contributed by atoms with E-state index in [2.05, 4.69) is 26.1 Å². The molecule has 2 nitrogen and oxygen atoms in total. The first kappa shape index (κ1) is 15.3. The number of ether oxygens (including phenoxy) is 1. The van der Waals surface area contributed by atoms with Gasteiger partial charge in [-0.15, -0.1) is 0 Å². The molecule has 2 atom stereocenters. The van der Waals surface area contributed by atoms with E-state index in [4.69, 9.17) is 4.74 Å². The Bertz CT molecular complexity index is 433. The smallest absolute Gasteiger partial charge is 0.123 e. The Balaban J connectivity index is 1.69. The highest BCUT2D eigenvalue weighted by molar-refractivity contribution is 5.37. The Labute approximate surface area is 121 Å². The van der Waals surface area contributed by atoms with Gasteiger partial charge in [-0.25, -0.2) is 4.39 Å². The van der Waals surface area contributed by atoms with E-state index in [-0.39, 0.29) is 11.9 Å². The van der Waals surface area contributed by atoms with E-state index in [1.54, 1.807) is 12.1 Å². The summed E-state index contributed by atoms with van der Waals surface area (Å²) in [5.41, 5.74) is 0.990. The van der Waals surface area contributed by atoms with Crippen LogP contribution >= 0.6 is 0 Å². The monoisotopic (exact) mass is 279 g/mol. The number of halogens is 1. The molecule has 3 heteroatoms. The minimum absolute atomic E-state index is 0.138. The molecule has 1 aromatic carbocycles. The van der Waals surface area contributed by atoms with Crippen molar-refractivity contribution in [2.75, 3.05) is 6.54 Å². The Morgan fingerprint density at radius 1 is 1.30 bits per heavy atom. The first-order chi connectivity index (χ1) is 9.54. The first-order valence-electron chi connectivity index (χ1n) is 7.73. The van der Waals surface area contributed by atoms with Gasteiger partial charge in [-0.2, -0.15) is 0 Å². The molecule has 2 rings (SSSR count). The third-order valence-corrected chi connectivity index (χ3v) is 3.88. The van der Waals surface area contributed by atoms with Crippen LogP contribution in [0.15, 0.2) is 18.2 Å². The molecule has 0 bridgehead atoms. The predicted octanol–water partition coefficient (Wildman–Crippen LogP) is 3.93. The predicted molar refractivity (Wildman–Crippen MR) is 80.7 cm³/mol. The van der Waals surface area contributed by atoms with Gasteiger partial charge in [0.1, 0.15) is 17.7 Å². The molecule has 0 fully saturated rings. The fourth-order valence-corrected chi connectivity index (χ4v) is 2.67. The van der Waals surface area contributed by atoms with Crippen molar-refractivity contribution in [3.8, 4) is 5.75 Å². The van der Waals surface area contributed by atoms with Crippen molar-refractivity contribution in [3.05, 3.63) is 29.6 Å². The lowest BCUT2D eigenvalue weighted by molar-refractivity contribution is 0.221. The van der Waals surface area contributed by atoms with Gasteiger partial charge < -0.3 is 10.1 Å². The van der Waals surface area contributed by atoms with Crippen LogP contribution in [-0.2, 0) is 6.42 Å². The molecule has 0 spiro atoms. The average molecular weight is 279 g/mol. The van der Waals surface area contributed by atoms with Crippen molar-refractivity contribution in [3.63, 3.8) is 0 Å². The molecular weight excluding hydrogens is 253 g/mol. The van der Waals surface area contributed by atoms with Gasteiger partial charge in [-0.1, -0.05) is 26.7 Å². The molecule has 1 aliphatic rings. The molecule has 0 radical (unpaired) electrons. The fourth-order valence-electron chi connectivity index (χ4n) is 2.67. The standard InChI is InChI=1S/C17H26FNO/c1-12(2)5-4-6-13(3)19-11-16-10-14-9-15(18)7-8-17(14)20-16/h7-9,12-13,16,19H,4-6,10-11H2,1-3H3. The highest BCUT2D eigenvalue weighted by Crippen LogP contribution is 2.29. The van der Waals surface area contributed by atoms with Crippen molar-refractivity contribution >= 4 is 0 Å². The number of rotatable bonds is 7. The van der Waals surface area contributed by atoms with Crippen LogP contribution in [-0.4, -0.2) is 18.7 Å². The zero-order valence-corrected chi connectivity index (χ0v) is 12.8. The molecule has 2 unspecified atom stereocenters. The molecule has 0 saturated carbocycles. The first-order valence-corrected chi connectivity index (χ1v) is 7.73. The van der Waals surface area contributed by atoms with E-state index >= 15 is 0 Å². The van der Waals surface area contributed by atoms with Gasteiger partial charge in [0, 0.05) is 24.6 Å². The summed E-state index contributed by atoms with van der Waals surface area (Å²) in [4.78, 5) is 0. The van der Waals surface area contributed by atoms with Crippen LogP contribution in [0.3, 0.4) is 0 Å². The summed E-state index contributed by atoms with van der Waals surface area (Å²) in [5.74, 6) is 1.44. The molecule has 1 heterocycles. The summed E-state index contributed by atoms with van der Waals surface area (Å²) in [7, 11) is 0. The Kier molecular flexibility index (Phi) is 5.41. The molecule has 112 valence electrons. The van der Waals surface area contributed by atoms with Crippen LogP contribution in [0.1, 0.15) is 45.6 Å². The molecular formula is C17H26FNO. The second kappa shape index (κ2) is 7.07. The van der Waals surface area contributed by atoms with Crippen molar-refractivity contribution in [1.82, 2.24) is 5.32 Å². The van der Waals surface area contributed by atoms with E-state index in [0.717, 1.165) is 30.2 Å². The maximum Gasteiger partial charge on any atom is 0.123 e. The van der Waals surface area contributed by atoms with Crippen molar-refractivity contribution in [2.45, 2.75) is 58.6 Å². The van der Waals surface area contributed by atoms with Crippen LogP contribution < -0.4 is 10.1 Å². The quantitative estimate of drug-likeness (QED) is 0.816. The van der Waals surface area contributed by atoms with Gasteiger partial charge in [0.05, 0.1) is 0 Å². The maximum absolute atomic E-state index is 13.1. The largest absolute Gasteiger partial charge is 0.488 e. The maximum atomic E-state index is 13.1. The molecule has 1 aliphatic heterocycles. The number of hydrogen-bond acceptors (Lipinski definition) is 2. The van der Waals surface area contributed by atoms with Gasteiger partial charge in [0.15, 0.2) is 0 Å². The molecule has 0 aromatic heterocycles. The summed E-state index contributed by atoms with van der Waals surface area (Å²) in [6.45, 7) is 7.59. The normalized spacial score (nSPS) is 18.9. The number of nitrogens with one attached hydrogen (secondary N) is 1. The second-order valence-corrected chi connectivity index (χ2v) is 6.33. The molecule has 0 amide bonds. The zero-order chi connectivity index (χ0) is 14.5. The summed E-state index contributed by atoms with van der Waals surface area (Å²) in [5, 5.41) is 3.53. The molecule has 1 N–H and O–H groups in total. The Hall–Kier alpha value is -1.09. The van der Waals surface area contributed by atoms with Gasteiger partial charge >= 0.3 is 0 Å². The van der Waals surface area contributed by atoms with Gasteiger partial charge in [0.25, 0.3) is 0 Å². The van der Waals surface area contributed by atoms with E-state index < -0.39 is 0 Å². The number of fused-ring (bicyclic) bond motifs is 1. The van der Waals surface area contributed by atoms with Crippen LogP contribution in [0.25, 0.3) is 0 Å². The number of benzene rings is 1. The molecule has 0 saturated heterocycles. The van der Waals surface area contributed by atoms with Gasteiger partial charge in [0.2, 0.25) is 0 Å². The van der Waals surface area contributed by atoms with Crippen LogP contribution in [0.5, 0.6) is 5.75 Å². The average Bonchev–Trinajstić information content (AvgIpc) is 2.77. The molecule has 1 aromatic rings. The summed E-state index contributed by atoms with van der Waals surface area (Å²) in [6, 6.07) is 5.29. The molecule has 0 aliphatic carbocycles. The number of hydrogen-bond donors (Lipinski definition) is 1. The summed E-state index contributed by atoms with van der Waals surface area (Å²) < 4.78 is 19.0. The Morgan fingerprint density at radius 2 is 2.10 bits per heavy atom. The third kappa shape index (κ3) is 4.48. The lowest BCUT2D eigenvalue weighted by Crippen LogP contribution is -2.35. The van der Waals surface area contributed by atoms with E-state index in [1.807, 2.05) is 0 Å². The van der Waals surface area contributed by atoms with Gasteiger partial charge in [-0.3, -0.25) is 0 Å². The zero-order valence-electron chi connectivity index (χ0n) is 12.8. The Morgan fingerprint density at radius 3 is 2.85 bits per heavy atom. The highest BCUT2D eigenvalue weighted by atomic mass is 19.1. The van der Waals surface area contributed by atoms with E-state index in [9.17, 15) is 4.39 Å². The topological polar surface area (TPSA) is 21.3 Å². The van der Waals surface area contributed by atoms with Crippen LogP contribution in [0, 0.1) is 11.7 Å². The minimum Gasteiger partial charge on any atom is -0.488 e. The minimum atomic E-state index is -0.178. The van der Waals surface area contributed by atoms with E-state index in [1.165, 1.54) is 25.3 Å². The van der Waals surface area contributed by atoms with E-state index in [0.29, 0.717) is 6.04 Å². The van der Waals surface area contributed by atoms with Crippen molar-refractivity contribution < 1.29 is 9.13 Å². The SMILES string of the molecule is CC(C)CCCC(C)NCC1Cc2cc(F)ccc2O1. The lowest BCUT2D eigenvalue weighted by atomic mass is 10.0. The van der Waals surface area contributed by atoms with Crippen LogP contribution in [0.2, 0.25) is 0 Å². The van der Waals surface area contributed by atoms with Gasteiger partial charge in [-0.05, 0) is 37.5 Å². The summed E-state index contributed by atoms with van der Waals surface area (Å²) in [6.07, 6.45) is 4.70. The third-order valence-electron chi connectivity index (χ3n) is 3.88. The lowest BCUT2D eigenvalue weighted by Gasteiger charge is -2.17. The van der Waals surface area contributed by atoms with Crippen LogP contribution in [0.4, 0.5) is 4.39 Å². The fraction of sp³-hybridized carbons (Fsp3) is 0.647. The van der Waals surface area contributed by atoms with Crippen molar-refractivity contribution in [2.24, 2.45) is 5.92 Å². The van der Waals surface area contributed by atoms with Crippen molar-refractivity contribution in [1.29, 1.82) is 0 Å². The second-order valence-electron chi connectivity index (χ2n) is 6.33. The molecule has 20 heavy (non-hydrogen) atoms.